The van der Waals surface area contributed by atoms with E-state index in [-0.39, 0.29) is 11.9 Å². The van der Waals surface area contributed by atoms with E-state index in [4.69, 9.17) is 16.2 Å². The Morgan fingerprint density at radius 1 is 1.67 bits per heavy atom. The van der Waals surface area contributed by atoms with Crippen LogP contribution in [0, 0.1) is 0 Å². The SMILES string of the molecule is NCCC(N)C(=O)C1CCCO1. The molecule has 0 spiro atoms. The summed E-state index contributed by atoms with van der Waals surface area (Å²) in [5, 5.41) is 0. The minimum Gasteiger partial charge on any atom is -0.370 e. The van der Waals surface area contributed by atoms with E-state index in [1.54, 1.807) is 0 Å². The van der Waals surface area contributed by atoms with Gasteiger partial charge in [-0.05, 0) is 25.8 Å². The lowest BCUT2D eigenvalue weighted by molar-refractivity contribution is -0.129. The molecule has 2 unspecified atom stereocenters. The lowest BCUT2D eigenvalue weighted by Crippen LogP contribution is -2.39. The quantitative estimate of drug-likeness (QED) is 0.594. The molecule has 4 N–H and O–H groups in total. The summed E-state index contributed by atoms with van der Waals surface area (Å²) in [6.45, 7) is 1.14. The van der Waals surface area contributed by atoms with Gasteiger partial charge in [-0.3, -0.25) is 4.79 Å². The van der Waals surface area contributed by atoms with Crippen molar-refractivity contribution >= 4 is 5.78 Å². The maximum Gasteiger partial charge on any atom is 0.178 e. The third kappa shape index (κ3) is 2.27. The van der Waals surface area contributed by atoms with Gasteiger partial charge in [-0.1, -0.05) is 0 Å². The van der Waals surface area contributed by atoms with Crippen LogP contribution in [0.15, 0.2) is 0 Å². The third-order valence-corrected chi connectivity index (χ3v) is 2.09. The maximum atomic E-state index is 11.4. The van der Waals surface area contributed by atoms with Crippen LogP contribution in [-0.4, -0.2) is 31.1 Å². The second kappa shape index (κ2) is 4.54. The molecular formula is C8H16N2O2. The van der Waals surface area contributed by atoms with Crippen LogP contribution in [-0.2, 0) is 9.53 Å². The van der Waals surface area contributed by atoms with E-state index in [0.29, 0.717) is 19.6 Å². The van der Waals surface area contributed by atoms with Gasteiger partial charge in [0.15, 0.2) is 5.78 Å². The van der Waals surface area contributed by atoms with E-state index in [1.165, 1.54) is 0 Å². The largest absolute Gasteiger partial charge is 0.370 e. The molecule has 4 heteroatoms. The Labute approximate surface area is 72.2 Å². The lowest BCUT2D eigenvalue weighted by atomic mass is 10.0. The number of Topliss-reactive ketones (excluding diaryl/α,β-unsaturated/α-hetero) is 1. The van der Waals surface area contributed by atoms with Crippen LogP contribution >= 0.6 is 0 Å². The molecule has 1 rings (SSSR count). The number of ketones is 1. The summed E-state index contributed by atoms with van der Waals surface area (Å²) in [6.07, 6.45) is 2.08. The molecule has 1 aliphatic rings. The molecule has 4 nitrogen and oxygen atoms in total. The summed E-state index contributed by atoms with van der Waals surface area (Å²) in [5.74, 6) is 0.0120. The number of rotatable bonds is 4. The lowest BCUT2D eigenvalue weighted by Gasteiger charge is -2.13. The first-order valence-electron chi connectivity index (χ1n) is 4.36. The van der Waals surface area contributed by atoms with Crippen molar-refractivity contribution in [3.63, 3.8) is 0 Å². The first-order chi connectivity index (χ1) is 5.75. The molecule has 0 radical (unpaired) electrons. The summed E-state index contributed by atoms with van der Waals surface area (Å²) in [6, 6.07) is -0.432. The van der Waals surface area contributed by atoms with Crippen molar-refractivity contribution in [3.8, 4) is 0 Å². The zero-order valence-electron chi connectivity index (χ0n) is 7.16. The molecule has 1 fully saturated rings. The van der Waals surface area contributed by atoms with Crippen LogP contribution in [0.25, 0.3) is 0 Å². The molecule has 0 amide bonds. The fourth-order valence-corrected chi connectivity index (χ4v) is 1.36. The highest BCUT2D eigenvalue weighted by Gasteiger charge is 2.27. The van der Waals surface area contributed by atoms with E-state index >= 15 is 0 Å². The highest BCUT2D eigenvalue weighted by molar-refractivity contribution is 5.88. The van der Waals surface area contributed by atoms with Gasteiger partial charge in [-0.15, -0.1) is 0 Å². The predicted octanol–water partition coefficient (Wildman–Crippen LogP) is -0.589. The molecule has 0 aromatic heterocycles. The molecule has 2 atom stereocenters. The van der Waals surface area contributed by atoms with E-state index in [9.17, 15) is 4.79 Å². The van der Waals surface area contributed by atoms with Crippen molar-refractivity contribution in [2.24, 2.45) is 11.5 Å². The van der Waals surface area contributed by atoms with Crippen LogP contribution in [0.3, 0.4) is 0 Å². The molecule has 12 heavy (non-hydrogen) atoms. The first-order valence-corrected chi connectivity index (χ1v) is 4.36. The highest BCUT2D eigenvalue weighted by atomic mass is 16.5. The van der Waals surface area contributed by atoms with Crippen LogP contribution < -0.4 is 11.5 Å². The number of carbonyl (C=O) groups excluding carboxylic acids is 1. The van der Waals surface area contributed by atoms with Gasteiger partial charge < -0.3 is 16.2 Å². The second-order valence-electron chi connectivity index (χ2n) is 3.09. The number of hydrogen-bond donors (Lipinski definition) is 2. The molecule has 0 bridgehead atoms. The van der Waals surface area contributed by atoms with Crippen molar-refractivity contribution < 1.29 is 9.53 Å². The first kappa shape index (κ1) is 9.64. The Morgan fingerprint density at radius 2 is 2.42 bits per heavy atom. The Balaban J connectivity index is 2.34. The Morgan fingerprint density at radius 3 is 2.92 bits per heavy atom. The fraction of sp³-hybridized carbons (Fsp3) is 0.875. The van der Waals surface area contributed by atoms with Crippen LogP contribution in [0.1, 0.15) is 19.3 Å². The van der Waals surface area contributed by atoms with Crippen molar-refractivity contribution in [1.29, 1.82) is 0 Å². The minimum absolute atomic E-state index is 0.0120. The smallest absolute Gasteiger partial charge is 0.178 e. The number of hydrogen-bond acceptors (Lipinski definition) is 4. The average Bonchev–Trinajstić information content (AvgIpc) is 2.55. The van der Waals surface area contributed by atoms with Gasteiger partial charge in [-0.2, -0.15) is 0 Å². The topological polar surface area (TPSA) is 78.3 Å². The average molecular weight is 172 g/mol. The summed E-state index contributed by atoms with van der Waals surface area (Å²) in [7, 11) is 0. The standard InChI is InChI=1S/C8H16N2O2/c9-4-3-6(10)8(11)7-2-1-5-12-7/h6-7H,1-5,9-10H2. The summed E-state index contributed by atoms with van der Waals surface area (Å²) in [4.78, 5) is 11.4. The second-order valence-corrected chi connectivity index (χ2v) is 3.09. The van der Waals surface area contributed by atoms with Gasteiger partial charge in [0, 0.05) is 6.61 Å². The zero-order chi connectivity index (χ0) is 8.97. The van der Waals surface area contributed by atoms with Gasteiger partial charge >= 0.3 is 0 Å². The molecule has 0 saturated carbocycles. The maximum absolute atomic E-state index is 11.4. The number of nitrogens with two attached hydrogens (primary N) is 2. The Bertz CT molecular complexity index is 155. The van der Waals surface area contributed by atoms with E-state index in [2.05, 4.69) is 0 Å². The normalized spacial score (nSPS) is 25.7. The van der Waals surface area contributed by atoms with Crippen molar-refractivity contribution in [3.05, 3.63) is 0 Å². The van der Waals surface area contributed by atoms with E-state index in [0.717, 1.165) is 12.8 Å². The summed E-state index contributed by atoms with van der Waals surface area (Å²) in [5.41, 5.74) is 10.9. The molecular weight excluding hydrogens is 156 g/mol. The molecule has 1 aliphatic heterocycles. The van der Waals surface area contributed by atoms with Gasteiger partial charge in [0.25, 0.3) is 0 Å². The van der Waals surface area contributed by atoms with E-state index < -0.39 is 6.04 Å². The molecule has 0 aromatic carbocycles. The van der Waals surface area contributed by atoms with Crippen molar-refractivity contribution in [1.82, 2.24) is 0 Å². The Kier molecular flexibility index (Phi) is 3.65. The highest BCUT2D eigenvalue weighted by Crippen LogP contribution is 2.14. The van der Waals surface area contributed by atoms with Gasteiger partial charge in [0.1, 0.15) is 6.10 Å². The summed E-state index contributed by atoms with van der Waals surface area (Å²) >= 11 is 0. The number of ether oxygens (including phenoxy) is 1. The van der Waals surface area contributed by atoms with E-state index in [1.807, 2.05) is 0 Å². The van der Waals surface area contributed by atoms with Gasteiger partial charge in [-0.25, -0.2) is 0 Å². The zero-order valence-corrected chi connectivity index (χ0v) is 7.16. The number of carbonyl (C=O) groups is 1. The van der Waals surface area contributed by atoms with Gasteiger partial charge in [0.05, 0.1) is 6.04 Å². The molecule has 0 aliphatic carbocycles. The molecule has 70 valence electrons. The minimum atomic E-state index is -0.432. The predicted molar refractivity (Wildman–Crippen MR) is 45.6 cm³/mol. The monoisotopic (exact) mass is 172 g/mol. The van der Waals surface area contributed by atoms with Gasteiger partial charge in [0.2, 0.25) is 0 Å². The Hall–Kier alpha value is -0.450. The molecule has 1 saturated heterocycles. The third-order valence-electron chi connectivity index (χ3n) is 2.09. The molecule has 1 heterocycles. The van der Waals surface area contributed by atoms with Crippen molar-refractivity contribution in [2.45, 2.75) is 31.4 Å². The summed E-state index contributed by atoms with van der Waals surface area (Å²) < 4.78 is 5.21. The fourth-order valence-electron chi connectivity index (χ4n) is 1.36. The molecule has 0 aromatic rings. The van der Waals surface area contributed by atoms with Crippen LogP contribution in [0.5, 0.6) is 0 Å². The van der Waals surface area contributed by atoms with Crippen LogP contribution in [0.4, 0.5) is 0 Å². The van der Waals surface area contributed by atoms with Crippen molar-refractivity contribution in [2.75, 3.05) is 13.2 Å². The van der Waals surface area contributed by atoms with Crippen LogP contribution in [0.2, 0.25) is 0 Å².